The second-order valence-corrected chi connectivity index (χ2v) is 5.17. The second kappa shape index (κ2) is 7.51. The summed E-state index contributed by atoms with van der Waals surface area (Å²) in [6.07, 6.45) is 5.15. The van der Waals surface area contributed by atoms with Crippen LogP contribution in [0.15, 0.2) is 24.3 Å². The summed E-state index contributed by atoms with van der Waals surface area (Å²) >= 11 is 0. The molecule has 1 saturated carbocycles. The number of ether oxygens (including phenoxy) is 2. The average molecular weight is 263 g/mol. The Morgan fingerprint density at radius 3 is 2.74 bits per heavy atom. The van der Waals surface area contributed by atoms with Crippen LogP contribution in [0.25, 0.3) is 0 Å². The van der Waals surface area contributed by atoms with E-state index in [0.717, 1.165) is 5.75 Å². The van der Waals surface area contributed by atoms with Gasteiger partial charge < -0.3 is 14.8 Å². The van der Waals surface area contributed by atoms with Gasteiger partial charge in [0.2, 0.25) is 0 Å². The summed E-state index contributed by atoms with van der Waals surface area (Å²) in [4.78, 5) is 0. The zero-order valence-electron chi connectivity index (χ0n) is 12.0. The van der Waals surface area contributed by atoms with Gasteiger partial charge in [-0.1, -0.05) is 31.0 Å². The molecular formula is C16H25NO2. The van der Waals surface area contributed by atoms with Crippen molar-refractivity contribution in [2.75, 3.05) is 27.4 Å². The highest BCUT2D eigenvalue weighted by Gasteiger charge is 2.27. The van der Waals surface area contributed by atoms with Gasteiger partial charge in [-0.25, -0.2) is 0 Å². The van der Waals surface area contributed by atoms with Gasteiger partial charge in [-0.15, -0.1) is 0 Å². The molecular weight excluding hydrogens is 238 g/mol. The summed E-state index contributed by atoms with van der Waals surface area (Å²) in [5.74, 6) is 1.59. The lowest BCUT2D eigenvalue weighted by Gasteiger charge is -2.32. The van der Waals surface area contributed by atoms with Crippen molar-refractivity contribution in [2.45, 2.75) is 37.6 Å². The number of rotatable bonds is 6. The van der Waals surface area contributed by atoms with Gasteiger partial charge in [0.1, 0.15) is 12.4 Å². The van der Waals surface area contributed by atoms with Crippen molar-refractivity contribution in [1.82, 2.24) is 5.32 Å². The molecule has 0 amide bonds. The minimum absolute atomic E-state index is 0.567. The van der Waals surface area contributed by atoms with E-state index >= 15 is 0 Å². The van der Waals surface area contributed by atoms with E-state index in [0.29, 0.717) is 25.2 Å². The van der Waals surface area contributed by atoms with Crippen molar-refractivity contribution < 1.29 is 9.47 Å². The molecule has 0 aromatic heterocycles. The van der Waals surface area contributed by atoms with Crippen molar-refractivity contribution in [2.24, 2.45) is 0 Å². The maximum Gasteiger partial charge on any atom is 0.122 e. The molecule has 1 aromatic rings. The quantitative estimate of drug-likeness (QED) is 0.800. The molecule has 0 radical (unpaired) electrons. The number of likely N-dealkylation sites (N-methyl/N-ethyl adjacent to an activating group) is 1. The fraction of sp³-hybridized carbons (Fsp3) is 0.625. The average Bonchev–Trinajstić information content (AvgIpc) is 2.48. The molecule has 106 valence electrons. The third kappa shape index (κ3) is 3.71. The molecule has 2 rings (SSSR count). The standard InChI is InChI=1S/C16H25NO2/c1-17-15-9-5-3-7-13(15)14-8-4-6-10-16(14)19-12-11-18-2/h4,6,8,10,13,15,17H,3,5,7,9,11-12H2,1-2H3. The summed E-state index contributed by atoms with van der Waals surface area (Å²) < 4.78 is 10.9. The van der Waals surface area contributed by atoms with Crippen LogP contribution in [0.3, 0.4) is 0 Å². The molecule has 3 nitrogen and oxygen atoms in total. The first-order chi connectivity index (χ1) is 9.36. The normalized spacial score (nSPS) is 23.3. The van der Waals surface area contributed by atoms with E-state index in [1.807, 2.05) is 6.07 Å². The Bertz CT molecular complexity index is 381. The Morgan fingerprint density at radius 2 is 1.95 bits per heavy atom. The first-order valence-electron chi connectivity index (χ1n) is 7.24. The summed E-state index contributed by atoms with van der Waals surface area (Å²) in [6.45, 7) is 1.25. The highest BCUT2D eigenvalue weighted by atomic mass is 16.5. The van der Waals surface area contributed by atoms with Crippen molar-refractivity contribution >= 4 is 0 Å². The predicted octanol–water partition coefficient (Wildman–Crippen LogP) is 2.96. The maximum atomic E-state index is 5.87. The van der Waals surface area contributed by atoms with Crippen LogP contribution in [-0.4, -0.2) is 33.4 Å². The molecule has 19 heavy (non-hydrogen) atoms. The fourth-order valence-corrected chi connectivity index (χ4v) is 3.00. The van der Waals surface area contributed by atoms with Gasteiger partial charge in [-0.3, -0.25) is 0 Å². The van der Waals surface area contributed by atoms with Gasteiger partial charge in [-0.05, 0) is 31.5 Å². The summed E-state index contributed by atoms with van der Waals surface area (Å²) in [6, 6.07) is 9.01. The Balaban J connectivity index is 2.12. The Morgan fingerprint density at radius 1 is 1.16 bits per heavy atom. The largest absolute Gasteiger partial charge is 0.491 e. The van der Waals surface area contributed by atoms with Crippen LogP contribution in [0, 0.1) is 0 Å². The van der Waals surface area contributed by atoms with Crippen molar-refractivity contribution in [1.29, 1.82) is 0 Å². The van der Waals surface area contributed by atoms with Crippen LogP contribution >= 0.6 is 0 Å². The zero-order valence-corrected chi connectivity index (χ0v) is 12.0. The molecule has 2 atom stereocenters. The molecule has 1 aliphatic rings. The molecule has 1 aromatic carbocycles. The minimum atomic E-state index is 0.567. The third-order valence-corrected chi connectivity index (χ3v) is 4.00. The molecule has 2 unspecified atom stereocenters. The highest BCUT2D eigenvalue weighted by Crippen LogP contribution is 2.37. The van der Waals surface area contributed by atoms with Crippen LogP contribution < -0.4 is 10.1 Å². The Labute approximate surface area is 116 Å². The van der Waals surface area contributed by atoms with E-state index in [2.05, 4.69) is 30.6 Å². The summed E-state index contributed by atoms with van der Waals surface area (Å²) in [5.41, 5.74) is 1.35. The molecule has 1 aliphatic carbocycles. The first kappa shape index (κ1) is 14.4. The van der Waals surface area contributed by atoms with Crippen LogP contribution in [0.1, 0.15) is 37.2 Å². The molecule has 0 spiro atoms. The second-order valence-electron chi connectivity index (χ2n) is 5.17. The van der Waals surface area contributed by atoms with Gasteiger partial charge in [-0.2, -0.15) is 0 Å². The van der Waals surface area contributed by atoms with E-state index in [4.69, 9.17) is 9.47 Å². The van der Waals surface area contributed by atoms with Crippen LogP contribution in [0.4, 0.5) is 0 Å². The molecule has 0 bridgehead atoms. The smallest absolute Gasteiger partial charge is 0.122 e. The first-order valence-corrected chi connectivity index (χ1v) is 7.24. The molecule has 1 fully saturated rings. The highest BCUT2D eigenvalue weighted by molar-refractivity contribution is 5.37. The fourth-order valence-electron chi connectivity index (χ4n) is 3.00. The van der Waals surface area contributed by atoms with Crippen LogP contribution in [0.5, 0.6) is 5.75 Å². The number of nitrogens with one attached hydrogen (secondary N) is 1. The number of benzene rings is 1. The van der Waals surface area contributed by atoms with Gasteiger partial charge in [0.25, 0.3) is 0 Å². The molecule has 0 saturated heterocycles. The van der Waals surface area contributed by atoms with Crippen LogP contribution in [-0.2, 0) is 4.74 Å². The van der Waals surface area contributed by atoms with Gasteiger partial charge in [0.15, 0.2) is 0 Å². The topological polar surface area (TPSA) is 30.5 Å². The van der Waals surface area contributed by atoms with Crippen molar-refractivity contribution in [3.8, 4) is 5.75 Å². The van der Waals surface area contributed by atoms with E-state index in [9.17, 15) is 0 Å². The molecule has 0 heterocycles. The number of hydrogen-bond donors (Lipinski definition) is 1. The zero-order chi connectivity index (χ0) is 13.5. The lowest BCUT2D eigenvalue weighted by molar-refractivity contribution is 0.145. The third-order valence-electron chi connectivity index (χ3n) is 4.00. The van der Waals surface area contributed by atoms with E-state index in [1.54, 1.807) is 7.11 Å². The number of methoxy groups -OCH3 is 1. The van der Waals surface area contributed by atoms with E-state index in [-0.39, 0.29) is 0 Å². The van der Waals surface area contributed by atoms with Crippen LogP contribution in [0.2, 0.25) is 0 Å². The minimum Gasteiger partial charge on any atom is -0.491 e. The Kier molecular flexibility index (Phi) is 5.67. The SMILES string of the molecule is CNC1CCCCC1c1ccccc1OCCOC. The summed E-state index contributed by atoms with van der Waals surface area (Å²) in [5, 5.41) is 3.47. The van der Waals surface area contributed by atoms with E-state index in [1.165, 1.54) is 31.2 Å². The van der Waals surface area contributed by atoms with E-state index < -0.39 is 0 Å². The van der Waals surface area contributed by atoms with Gasteiger partial charge in [0, 0.05) is 19.1 Å². The van der Waals surface area contributed by atoms with Gasteiger partial charge in [0.05, 0.1) is 6.61 Å². The molecule has 0 aliphatic heterocycles. The Hall–Kier alpha value is -1.06. The lowest BCUT2D eigenvalue weighted by Crippen LogP contribution is -2.34. The number of para-hydroxylation sites is 1. The predicted molar refractivity (Wildman–Crippen MR) is 77.9 cm³/mol. The van der Waals surface area contributed by atoms with Gasteiger partial charge >= 0.3 is 0 Å². The maximum absolute atomic E-state index is 5.87. The monoisotopic (exact) mass is 263 g/mol. The van der Waals surface area contributed by atoms with Crippen molar-refractivity contribution in [3.63, 3.8) is 0 Å². The number of hydrogen-bond acceptors (Lipinski definition) is 3. The van der Waals surface area contributed by atoms with Crippen molar-refractivity contribution in [3.05, 3.63) is 29.8 Å². The molecule has 1 N–H and O–H groups in total. The summed E-state index contributed by atoms with van der Waals surface area (Å²) in [7, 11) is 3.77. The lowest BCUT2D eigenvalue weighted by atomic mass is 9.79. The molecule has 3 heteroatoms.